The Kier molecular flexibility index (Phi) is 2.48. The van der Waals surface area contributed by atoms with Gasteiger partial charge in [0.25, 0.3) is 0 Å². The van der Waals surface area contributed by atoms with Gasteiger partial charge >= 0.3 is 0 Å². The third-order valence-electron chi connectivity index (χ3n) is 3.79. The van der Waals surface area contributed by atoms with E-state index in [9.17, 15) is 4.79 Å². The number of fused-ring (bicyclic) bond motifs is 2. The number of hydrogen-bond acceptors (Lipinski definition) is 2. The standard InChI is InChI=1S/C17H11ClO2/c18-13-3-6-16-12(8-13)9-17(20-16)11-1-4-14-10(7-11)2-5-15(14)19/h1,3-4,6-9H,2,5H2. The van der Waals surface area contributed by atoms with Crippen LogP contribution in [0.15, 0.2) is 46.9 Å². The summed E-state index contributed by atoms with van der Waals surface area (Å²) in [6, 6.07) is 13.5. The van der Waals surface area contributed by atoms with E-state index in [1.165, 1.54) is 0 Å². The molecule has 0 radical (unpaired) electrons. The Bertz CT molecular complexity index is 845. The predicted molar refractivity (Wildman–Crippen MR) is 79.3 cm³/mol. The Morgan fingerprint density at radius 1 is 1.00 bits per heavy atom. The van der Waals surface area contributed by atoms with E-state index in [0.29, 0.717) is 11.4 Å². The van der Waals surface area contributed by atoms with E-state index in [4.69, 9.17) is 16.0 Å². The summed E-state index contributed by atoms with van der Waals surface area (Å²) in [5, 5.41) is 1.69. The molecule has 0 unspecified atom stereocenters. The first-order valence-electron chi connectivity index (χ1n) is 6.56. The van der Waals surface area contributed by atoms with Gasteiger partial charge in [-0.3, -0.25) is 4.79 Å². The molecule has 0 bridgehead atoms. The first kappa shape index (κ1) is 11.7. The van der Waals surface area contributed by atoms with Crippen LogP contribution < -0.4 is 0 Å². The second kappa shape index (κ2) is 4.22. The lowest BCUT2D eigenvalue weighted by atomic mass is 10.0. The maximum atomic E-state index is 11.7. The Labute approximate surface area is 121 Å². The van der Waals surface area contributed by atoms with Crippen molar-refractivity contribution >= 4 is 28.4 Å². The maximum Gasteiger partial charge on any atom is 0.163 e. The Morgan fingerprint density at radius 2 is 1.90 bits per heavy atom. The van der Waals surface area contributed by atoms with E-state index < -0.39 is 0 Å². The first-order valence-corrected chi connectivity index (χ1v) is 6.94. The highest BCUT2D eigenvalue weighted by atomic mass is 35.5. The molecular formula is C17H11ClO2. The topological polar surface area (TPSA) is 30.2 Å². The number of rotatable bonds is 1. The molecule has 0 aliphatic heterocycles. The van der Waals surface area contributed by atoms with Gasteiger partial charge in [-0.05, 0) is 42.3 Å². The highest BCUT2D eigenvalue weighted by Gasteiger charge is 2.20. The van der Waals surface area contributed by atoms with Crippen LogP contribution in [0.2, 0.25) is 5.02 Å². The van der Waals surface area contributed by atoms with Crippen LogP contribution in [0.5, 0.6) is 0 Å². The van der Waals surface area contributed by atoms with Crippen molar-refractivity contribution in [2.45, 2.75) is 12.8 Å². The SMILES string of the molecule is O=C1CCc2cc(-c3cc4cc(Cl)ccc4o3)ccc21. The van der Waals surface area contributed by atoms with Gasteiger partial charge < -0.3 is 4.42 Å². The fourth-order valence-electron chi connectivity index (χ4n) is 2.77. The number of furan rings is 1. The number of halogens is 1. The molecule has 2 aromatic carbocycles. The lowest BCUT2D eigenvalue weighted by Crippen LogP contribution is -1.90. The number of aryl methyl sites for hydroxylation is 1. The maximum absolute atomic E-state index is 11.7. The molecule has 0 saturated heterocycles. The molecule has 0 spiro atoms. The van der Waals surface area contributed by atoms with Crippen LogP contribution in [0.25, 0.3) is 22.3 Å². The number of carbonyl (C=O) groups is 1. The highest BCUT2D eigenvalue weighted by molar-refractivity contribution is 6.31. The van der Waals surface area contributed by atoms with Gasteiger partial charge in [0.05, 0.1) is 0 Å². The average molecular weight is 283 g/mol. The summed E-state index contributed by atoms with van der Waals surface area (Å²) < 4.78 is 5.85. The summed E-state index contributed by atoms with van der Waals surface area (Å²) in [7, 11) is 0. The van der Waals surface area contributed by atoms with Crippen molar-refractivity contribution in [3.8, 4) is 11.3 Å². The first-order chi connectivity index (χ1) is 9.70. The number of ketones is 1. The summed E-state index contributed by atoms with van der Waals surface area (Å²) in [5.74, 6) is 1.05. The zero-order chi connectivity index (χ0) is 13.7. The molecule has 0 fully saturated rings. The van der Waals surface area contributed by atoms with Gasteiger partial charge in [-0.2, -0.15) is 0 Å². The molecule has 3 aromatic rings. The molecule has 2 nitrogen and oxygen atoms in total. The molecule has 1 aliphatic rings. The van der Waals surface area contributed by atoms with Crippen LogP contribution in [0.3, 0.4) is 0 Å². The van der Waals surface area contributed by atoms with Crippen molar-refractivity contribution in [1.82, 2.24) is 0 Å². The van der Waals surface area contributed by atoms with E-state index in [2.05, 4.69) is 6.07 Å². The Morgan fingerprint density at radius 3 is 2.80 bits per heavy atom. The summed E-state index contributed by atoms with van der Waals surface area (Å²) in [6.07, 6.45) is 1.45. The van der Waals surface area contributed by atoms with Gasteiger partial charge in [-0.15, -0.1) is 0 Å². The quantitative estimate of drug-likeness (QED) is 0.636. The smallest absolute Gasteiger partial charge is 0.163 e. The van der Waals surface area contributed by atoms with Crippen molar-refractivity contribution < 1.29 is 9.21 Å². The lowest BCUT2D eigenvalue weighted by molar-refractivity contribution is 0.0994. The fourth-order valence-corrected chi connectivity index (χ4v) is 2.95. The third kappa shape index (κ3) is 1.76. The number of benzene rings is 2. The summed E-state index contributed by atoms with van der Waals surface area (Å²) in [6.45, 7) is 0. The van der Waals surface area contributed by atoms with Crippen LogP contribution in [-0.2, 0) is 6.42 Å². The van der Waals surface area contributed by atoms with Crippen LogP contribution in [0, 0.1) is 0 Å². The van der Waals surface area contributed by atoms with E-state index in [-0.39, 0.29) is 5.78 Å². The van der Waals surface area contributed by atoms with Crippen LogP contribution >= 0.6 is 11.6 Å². The van der Waals surface area contributed by atoms with E-state index in [1.54, 1.807) is 0 Å². The summed E-state index contributed by atoms with van der Waals surface area (Å²) >= 11 is 5.99. The molecule has 98 valence electrons. The molecule has 0 amide bonds. The van der Waals surface area contributed by atoms with Gasteiger partial charge in [0.1, 0.15) is 11.3 Å². The van der Waals surface area contributed by atoms with Gasteiger partial charge in [0, 0.05) is 28.0 Å². The molecule has 1 aromatic heterocycles. The number of carbonyl (C=O) groups excluding carboxylic acids is 1. The molecule has 20 heavy (non-hydrogen) atoms. The second-order valence-corrected chi connectivity index (χ2v) is 5.52. The molecule has 0 saturated carbocycles. The second-order valence-electron chi connectivity index (χ2n) is 5.09. The van der Waals surface area contributed by atoms with Crippen LogP contribution in [0.4, 0.5) is 0 Å². The molecular weight excluding hydrogens is 272 g/mol. The molecule has 0 atom stereocenters. The fraction of sp³-hybridized carbons (Fsp3) is 0.118. The van der Waals surface area contributed by atoms with Gasteiger partial charge in [-0.25, -0.2) is 0 Å². The van der Waals surface area contributed by atoms with E-state index >= 15 is 0 Å². The normalized spacial score (nSPS) is 13.9. The largest absolute Gasteiger partial charge is 0.456 e. The molecule has 4 rings (SSSR count). The Balaban J connectivity index is 1.85. The lowest BCUT2D eigenvalue weighted by Gasteiger charge is -2.01. The summed E-state index contributed by atoms with van der Waals surface area (Å²) in [5.41, 5.74) is 3.80. The minimum Gasteiger partial charge on any atom is -0.456 e. The minimum absolute atomic E-state index is 0.239. The molecule has 0 N–H and O–H groups in total. The minimum atomic E-state index is 0.239. The molecule has 3 heteroatoms. The van der Waals surface area contributed by atoms with Crippen molar-refractivity contribution in [2.75, 3.05) is 0 Å². The number of Topliss-reactive ketones (excluding diaryl/α,β-unsaturated/α-hetero) is 1. The van der Waals surface area contributed by atoms with Crippen molar-refractivity contribution in [3.63, 3.8) is 0 Å². The van der Waals surface area contributed by atoms with Crippen molar-refractivity contribution in [1.29, 1.82) is 0 Å². The van der Waals surface area contributed by atoms with Crippen molar-refractivity contribution in [3.05, 3.63) is 58.6 Å². The third-order valence-corrected chi connectivity index (χ3v) is 4.03. The zero-order valence-electron chi connectivity index (χ0n) is 10.7. The van der Waals surface area contributed by atoms with E-state index in [0.717, 1.165) is 39.8 Å². The Hall–Kier alpha value is -2.06. The zero-order valence-corrected chi connectivity index (χ0v) is 11.4. The monoisotopic (exact) mass is 282 g/mol. The van der Waals surface area contributed by atoms with Gasteiger partial charge in [-0.1, -0.05) is 23.7 Å². The average Bonchev–Trinajstić information content (AvgIpc) is 3.02. The summed E-state index contributed by atoms with van der Waals surface area (Å²) in [4.78, 5) is 11.7. The van der Waals surface area contributed by atoms with E-state index in [1.807, 2.05) is 36.4 Å². The molecule has 1 heterocycles. The predicted octanol–water partition coefficient (Wildman–Crippen LogP) is 4.88. The van der Waals surface area contributed by atoms with Crippen LogP contribution in [0.1, 0.15) is 22.3 Å². The molecule has 1 aliphatic carbocycles. The number of hydrogen-bond donors (Lipinski definition) is 0. The highest BCUT2D eigenvalue weighted by Crippen LogP contribution is 2.32. The van der Waals surface area contributed by atoms with Gasteiger partial charge in [0.2, 0.25) is 0 Å². The van der Waals surface area contributed by atoms with Gasteiger partial charge in [0.15, 0.2) is 5.78 Å². The van der Waals surface area contributed by atoms with Crippen LogP contribution in [-0.4, -0.2) is 5.78 Å². The van der Waals surface area contributed by atoms with Crippen molar-refractivity contribution in [2.24, 2.45) is 0 Å².